The Kier molecular flexibility index (Phi) is 2.14. The van der Waals surface area contributed by atoms with E-state index in [1.807, 2.05) is 0 Å². The highest BCUT2D eigenvalue weighted by molar-refractivity contribution is 9.10. The second-order valence-corrected chi connectivity index (χ2v) is 2.89. The normalized spacial score (nSPS) is 9.55. The summed E-state index contributed by atoms with van der Waals surface area (Å²) in [6, 6.07) is 4.22. The molecular weight excluding hydrogens is 210 g/mol. The lowest BCUT2D eigenvalue weighted by Gasteiger charge is -1.83. The number of nitrogens with two attached hydrogens (primary N) is 1. The topological polar surface area (TPSA) is 63.3 Å². The molecule has 0 aliphatic carbocycles. The van der Waals surface area contributed by atoms with Crippen molar-refractivity contribution in [2.75, 3.05) is 5.73 Å². The third-order valence-corrected chi connectivity index (χ3v) is 1.82. The lowest BCUT2D eigenvalue weighted by molar-refractivity contribution is 0.467. The van der Waals surface area contributed by atoms with Gasteiger partial charge in [-0.3, -0.25) is 4.79 Å². The van der Waals surface area contributed by atoms with Crippen LogP contribution in [0.3, 0.4) is 0 Å². The molecule has 0 aromatic heterocycles. The molecule has 58 valence electrons. The summed E-state index contributed by atoms with van der Waals surface area (Å²) in [5, 5.41) is 9.08. The minimum absolute atomic E-state index is 0.318. The van der Waals surface area contributed by atoms with Gasteiger partial charge >= 0.3 is 0 Å². The Morgan fingerprint density at radius 1 is 1.45 bits per heavy atom. The Hall–Kier alpha value is -1.03. The molecule has 0 heterocycles. The van der Waals surface area contributed by atoms with Crippen molar-refractivity contribution in [1.29, 1.82) is 0 Å². The lowest BCUT2D eigenvalue weighted by Crippen LogP contribution is -1.95. The predicted molar refractivity (Wildman–Crippen MR) is 46.5 cm³/mol. The monoisotopic (exact) mass is 215 g/mol. The molecule has 1 aromatic carbocycles. The molecule has 0 unspecified atom stereocenters. The highest BCUT2D eigenvalue weighted by Crippen LogP contribution is 2.17. The Bertz CT molecular complexity index is 338. The number of hydrogen-bond acceptors (Lipinski definition) is 3. The van der Waals surface area contributed by atoms with Gasteiger partial charge in [0, 0.05) is 11.8 Å². The van der Waals surface area contributed by atoms with Gasteiger partial charge in [-0.05, 0) is 28.1 Å². The van der Waals surface area contributed by atoms with E-state index in [4.69, 9.17) is 10.8 Å². The summed E-state index contributed by atoms with van der Waals surface area (Å²) in [5.41, 5.74) is 5.19. The molecule has 0 aliphatic heterocycles. The zero-order chi connectivity index (χ0) is 8.43. The minimum Gasteiger partial charge on any atom is -0.503 e. The van der Waals surface area contributed by atoms with Crippen molar-refractivity contribution in [3.63, 3.8) is 0 Å². The Labute approximate surface area is 71.6 Å². The van der Waals surface area contributed by atoms with Gasteiger partial charge in [-0.15, -0.1) is 0 Å². The third kappa shape index (κ3) is 1.71. The average molecular weight is 216 g/mol. The highest BCUT2D eigenvalue weighted by atomic mass is 79.9. The van der Waals surface area contributed by atoms with Crippen molar-refractivity contribution >= 4 is 21.6 Å². The van der Waals surface area contributed by atoms with Crippen LogP contribution in [0.25, 0.3) is 0 Å². The maximum absolute atomic E-state index is 10.9. The van der Waals surface area contributed by atoms with Crippen LogP contribution in [0, 0.1) is 0 Å². The van der Waals surface area contributed by atoms with E-state index in [0.717, 1.165) is 0 Å². The first-order valence-electron chi connectivity index (χ1n) is 2.89. The molecule has 0 amide bonds. The Morgan fingerprint density at radius 3 is 2.73 bits per heavy atom. The van der Waals surface area contributed by atoms with Gasteiger partial charge in [0.2, 0.25) is 5.43 Å². The van der Waals surface area contributed by atoms with Crippen LogP contribution in [0.1, 0.15) is 0 Å². The number of nitrogen functional groups attached to an aromatic ring is 1. The zero-order valence-corrected chi connectivity index (χ0v) is 7.13. The molecular formula is C7H6BrNO2. The molecule has 11 heavy (non-hydrogen) atoms. The summed E-state index contributed by atoms with van der Waals surface area (Å²) >= 11 is 3.00. The number of anilines is 1. The average Bonchev–Trinajstić information content (AvgIpc) is 2.05. The van der Waals surface area contributed by atoms with Crippen LogP contribution in [0.4, 0.5) is 5.69 Å². The molecule has 0 saturated heterocycles. The number of hydrogen-bond donors (Lipinski definition) is 2. The second kappa shape index (κ2) is 2.92. The molecule has 0 saturated carbocycles. The first-order chi connectivity index (χ1) is 5.11. The van der Waals surface area contributed by atoms with Gasteiger partial charge in [-0.1, -0.05) is 0 Å². The summed E-state index contributed by atoms with van der Waals surface area (Å²) < 4.78 is 0.346. The van der Waals surface area contributed by atoms with Gasteiger partial charge in [-0.25, -0.2) is 0 Å². The summed E-state index contributed by atoms with van der Waals surface area (Å²) in [6.45, 7) is 0. The molecule has 0 fully saturated rings. The summed E-state index contributed by atoms with van der Waals surface area (Å²) in [4.78, 5) is 10.9. The molecule has 3 nitrogen and oxygen atoms in total. The lowest BCUT2D eigenvalue weighted by atomic mass is 10.4. The van der Waals surface area contributed by atoms with Crippen molar-refractivity contribution in [2.24, 2.45) is 0 Å². The van der Waals surface area contributed by atoms with Crippen molar-refractivity contribution in [3.05, 3.63) is 32.9 Å². The van der Waals surface area contributed by atoms with E-state index in [9.17, 15) is 4.79 Å². The first kappa shape index (κ1) is 8.07. The first-order valence-corrected chi connectivity index (χ1v) is 3.69. The Morgan fingerprint density at radius 2 is 2.09 bits per heavy atom. The fourth-order valence-corrected chi connectivity index (χ4v) is 0.961. The molecule has 3 N–H and O–H groups in total. The molecule has 1 aromatic rings. The van der Waals surface area contributed by atoms with Crippen molar-refractivity contribution in [1.82, 2.24) is 0 Å². The fraction of sp³-hybridized carbons (Fsp3) is 0. The van der Waals surface area contributed by atoms with Crippen LogP contribution < -0.4 is 11.2 Å². The van der Waals surface area contributed by atoms with Crippen molar-refractivity contribution in [2.45, 2.75) is 0 Å². The van der Waals surface area contributed by atoms with Gasteiger partial charge in [0.1, 0.15) is 0 Å². The molecule has 0 radical (unpaired) electrons. The third-order valence-electron chi connectivity index (χ3n) is 1.18. The standard InChI is InChI=1S/C7H6BrNO2/c8-5-2-1-4(9)3-6(10)7(5)11/h1-3H,9H2,(H,10,11). The van der Waals surface area contributed by atoms with Crippen LogP contribution in [0.15, 0.2) is 27.5 Å². The van der Waals surface area contributed by atoms with E-state index in [0.29, 0.717) is 10.2 Å². The molecule has 0 aliphatic rings. The van der Waals surface area contributed by atoms with Gasteiger partial charge in [0.25, 0.3) is 0 Å². The predicted octanol–water partition coefficient (Wildman–Crippen LogP) is 1.10. The van der Waals surface area contributed by atoms with Gasteiger partial charge in [0.15, 0.2) is 5.75 Å². The smallest absolute Gasteiger partial charge is 0.223 e. The van der Waals surface area contributed by atoms with E-state index in [-0.39, 0.29) is 5.75 Å². The molecule has 0 spiro atoms. The van der Waals surface area contributed by atoms with E-state index in [1.54, 1.807) is 0 Å². The fourth-order valence-electron chi connectivity index (χ4n) is 0.634. The Balaban J connectivity index is 3.57. The molecule has 1 rings (SSSR count). The van der Waals surface area contributed by atoms with Gasteiger partial charge in [0.05, 0.1) is 4.47 Å². The van der Waals surface area contributed by atoms with Crippen LogP contribution >= 0.6 is 15.9 Å². The number of halogens is 1. The van der Waals surface area contributed by atoms with E-state index in [2.05, 4.69) is 15.9 Å². The van der Waals surface area contributed by atoms with E-state index >= 15 is 0 Å². The molecule has 0 bridgehead atoms. The van der Waals surface area contributed by atoms with Crippen molar-refractivity contribution in [3.8, 4) is 5.75 Å². The van der Waals surface area contributed by atoms with Crippen LogP contribution in [-0.4, -0.2) is 5.11 Å². The summed E-state index contributed by atoms with van der Waals surface area (Å²) in [7, 11) is 0. The number of aromatic hydroxyl groups is 1. The van der Waals surface area contributed by atoms with E-state index < -0.39 is 5.43 Å². The summed E-state index contributed by atoms with van der Waals surface area (Å²) in [5.74, 6) is -0.318. The highest BCUT2D eigenvalue weighted by Gasteiger charge is 1.98. The maximum Gasteiger partial charge on any atom is 0.223 e. The van der Waals surface area contributed by atoms with Crippen LogP contribution in [0.5, 0.6) is 5.75 Å². The van der Waals surface area contributed by atoms with Crippen molar-refractivity contribution < 1.29 is 5.11 Å². The zero-order valence-electron chi connectivity index (χ0n) is 5.54. The van der Waals surface area contributed by atoms with E-state index in [1.165, 1.54) is 18.2 Å². The second-order valence-electron chi connectivity index (χ2n) is 2.04. The van der Waals surface area contributed by atoms with Crippen LogP contribution in [0.2, 0.25) is 0 Å². The molecule has 0 atom stereocenters. The maximum atomic E-state index is 10.9. The minimum atomic E-state index is -0.487. The quantitative estimate of drug-likeness (QED) is 0.682. The van der Waals surface area contributed by atoms with Crippen LogP contribution in [-0.2, 0) is 0 Å². The number of rotatable bonds is 0. The summed E-state index contributed by atoms with van der Waals surface area (Å²) in [6.07, 6.45) is 0. The molecule has 4 heteroatoms. The largest absolute Gasteiger partial charge is 0.503 e. The SMILES string of the molecule is Nc1ccc(Br)c(O)c(=O)c1. The van der Waals surface area contributed by atoms with Gasteiger partial charge in [-0.2, -0.15) is 0 Å². The van der Waals surface area contributed by atoms with Gasteiger partial charge < -0.3 is 10.8 Å².